The Hall–Kier alpha value is -3.50. The van der Waals surface area contributed by atoms with E-state index >= 15 is 0 Å². The number of hydrogen-bond acceptors (Lipinski definition) is 8. The predicted octanol–water partition coefficient (Wildman–Crippen LogP) is 1.92. The van der Waals surface area contributed by atoms with Crippen LogP contribution in [0.4, 0.5) is 5.82 Å². The minimum atomic E-state index is -0.730. The van der Waals surface area contributed by atoms with E-state index in [1.807, 2.05) is 25.1 Å². The maximum atomic E-state index is 13.3. The van der Waals surface area contributed by atoms with Gasteiger partial charge in [-0.15, -0.1) is 0 Å². The molecule has 2 amide bonds. The number of benzene rings is 1. The van der Waals surface area contributed by atoms with E-state index in [1.165, 1.54) is 17.4 Å². The lowest BCUT2D eigenvalue weighted by Gasteiger charge is -2.40. The molecule has 0 aliphatic carbocycles. The third-order valence-electron chi connectivity index (χ3n) is 5.55. The topological polar surface area (TPSA) is 124 Å². The highest BCUT2D eigenvalue weighted by molar-refractivity contribution is 6.29. The van der Waals surface area contributed by atoms with Crippen LogP contribution >= 0.6 is 11.6 Å². The Labute approximate surface area is 201 Å². The van der Waals surface area contributed by atoms with Crippen LogP contribution in [0.5, 0.6) is 5.75 Å². The van der Waals surface area contributed by atoms with Gasteiger partial charge in [0.1, 0.15) is 29.1 Å². The van der Waals surface area contributed by atoms with E-state index in [-0.39, 0.29) is 25.0 Å². The number of pyridine rings is 1. The van der Waals surface area contributed by atoms with E-state index in [4.69, 9.17) is 26.8 Å². The van der Waals surface area contributed by atoms with Gasteiger partial charge in [-0.1, -0.05) is 17.7 Å². The molecule has 1 saturated heterocycles. The Balaban J connectivity index is 1.44. The third kappa shape index (κ3) is 5.35. The van der Waals surface area contributed by atoms with Crippen LogP contribution in [-0.2, 0) is 20.9 Å². The fraction of sp³-hybridized carbons (Fsp3) is 0.348. The van der Waals surface area contributed by atoms with Crippen LogP contribution in [0.15, 0.2) is 42.9 Å². The molecule has 1 atom stereocenters. The molecule has 2 N–H and O–H groups in total. The summed E-state index contributed by atoms with van der Waals surface area (Å²) in [5, 5.41) is 1.10. The van der Waals surface area contributed by atoms with Crippen molar-refractivity contribution in [2.24, 2.45) is 0 Å². The SMILES string of the molecule is CCOCC1C(=O)N(Cc2ccc3c(N)ncnc3c2)CCN1C(=O)COc1ccc(Cl)nc1. The number of rotatable bonds is 8. The van der Waals surface area contributed by atoms with E-state index in [2.05, 4.69) is 15.0 Å². The van der Waals surface area contributed by atoms with Gasteiger partial charge in [-0.05, 0) is 36.8 Å². The molecule has 0 spiro atoms. The molecule has 2 aromatic heterocycles. The van der Waals surface area contributed by atoms with E-state index in [0.717, 1.165) is 10.9 Å². The summed E-state index contributed by atoms with van der Waals surface area (Å²) >= 11 is 5.78. The summed E-state index contributed by atoms with van der Waals surface area (Å²) in [6, 6.07) is 8.12. The number of halogens is 1. The second-order valence-electron chi connectivity index (χ2n) is 7.74. The Morgan fingerprint density at radius 1 is 1.21 bits per heavy atom. The van der Waals surface area contributed by atoms with Gasteiger partial charge >= 0.3 is 0 Å². The molecule has 1 aliphatic heterocycles. The van der Waals surface area contributed by atoms with Gasteiger partial charge in [0.2, 0.25) is 5.91 Å². The summed E-state index contributed by atoms with van der Waals surface area (Å²) in [6.45, 7) is 3.32. The summed E-state index contributed by atoms with van der Waals surface area (Å²) < 4.78 is 11.1. The molecule has 3 aromatic rings. The molecule has 0 bridgehead atoms. The second kappa shape index (κ2) is 10.6. The molecule has 1 unspecified atom stereocenters. The molecular weight excluding hydrogens is 460 g/mol. The first-order valence-electron chi connectivity index (χ1n) is 10.9. The van der Waals surface area contributed by atoms with Crippen molar-refractivity contribution in [1.29, 1.82) is 0 Å². The van der Waals surface area contributed by atoms with Crippen molar-refractivity contribution >= 4 is 40.1 Å². The first-order valence-corrected chi connectivity index (χ1v) is 11.2. The molecule has 0 saturated carbocycles. The maximum absolute atomic E-state index is 13.3. The van der Waals surface area contributed by atoms with Crippen molar-refractivity contribution in [3.8, 4) is 5.75 Å². The molecule has 1 fully saturated rings. The Bertz CT molecular complexity index is 1180. The number of hydrogen-bond donors (Lipinski definition) is 1. The van der Waals surface area contributed by atoms with Crippen molar-refractivity contribution in [2.75, 3.05) is 38.6 Å². The van der Waals surface area contributed by atoms with Crippen LogP contribution < -0.4 is 10.5 Å². The predicted molar refractivity (Wildman–Crippen MR) is 126 cm³/mol. The first-order chi connectivity index (χ1) is 16.5. The normalized spacial score (nSPS) is 16.2. The molecule has 11 heteroatoms. The van der Waals surface area contributed by atoms with Gasteiger partial charge < -0.3 is 25.0 Å². The van der Waals surface area contributed by atoms with Crippen molar-refractivity contribution < 1.29 is 19.1 Å². The lowest BCUT2D eigenvalue weighted by molar-refractivity contribution is -0.155. The standard InChI is InChI=1S/C23H25ClN6O4/c1-2-33-12-19-23(32)29(11-15-3-5-17-18(9-15)27-14-28-22(17)25)7-8-30(19)21(31)13-34-16-4-6-20(24)26-10-16/h3-6,9-10,14,19H,2,7-8,11-13H2,1H3,(H2,25,27,28). The van der Waals surface area contributed by atoms with Gasteiger partial charge in [0, 0.05) is 31.6 Å². The molecule has 178 valence electrons. The van der Waals surface area contributed by atoms with Crippen LogP contribution in [0.25, 0.3) is 10.9 Å². The zero-order valence-electron chi connectivity index (χ0n) is 18.7. The highest BCUT2D eigenvalue weighted by Gasteiger charge is 2.37. The Morgan fingerprint density at radius 3 is 2.82 bits per heavy atom. The monoisotopic (exact) mass is 484 g/mol. The van der Waals surface area contributed by atoms with Gasteiger partial charge in [-0.3, -0.25) is 9.59 Å². The molecule has 1 aromatic carbocycles. The smallest absolute Gasteiger partial charge is 0.261 e. The molecule has 0 radical (unpaired) electrons. The number of piperazine rings is 1. The zero-order valence-corrected chi connectivity index (χ0v) is 19.4. The number of nitrogens with zero attached hydrogens (tertiary/aromatic N) is 5. The molecule has 10 nitrogen and oxygen atoms in total. The molecule has 4 rings (SSSR count). The molecule has 1 aliphatic rings. The lowest BCUT2D eigenvalue weighted by Crippen LogP contribution is -2.60. The molecule has 34 heavy (non-hydrogen) atoms. The Kier molecular flexibility index (Phi) is 7.39. The summed E-state index contributed by atoms with van der Waals surface area (Å²) in [4.78, 5) is 41.7. The third-order valence-corrected chi connectivity index (χ3v) is 5.78. The summed E-state index contributed by atoms with van der Waals surface area (Å²) in [7, 11) is 0. The van der Waals surface area contributed by atoms with E-state index in [0.29, 0.717) is 48.5 Å². The number of carbonyl (C=O) groups excluding carboxylic acids is 2. The number of amides is 2. The largest absolute Gasteiger partial charge is 0.482 e. The van der Waals surface area contributed by atoms with Crippen LogP contribution in [0.1, 0.15) is 12.5 Å². The first kappa shape index (κ1) is 23.7. The Morgan fingerprint density at radius 2 is 2.06 bits per heavy atom. The summed E-state index contributed by atoms with van der Waals surface area (Å²) in [6.07, 6.45) is 2.86. The quantitative estimate of drug-likeness (QED) is 0.481. The van der Waals surface area contributed by atoms with Gasteiger partial charge in [-0.2, -0.15) is 0 Å². The highest BCUT2D eigenvalue weighted by Crippen LogP contribution is 2.21. The number of aromatic nitrogens is 3. The summed E-state index contributed by atoms with van der Waals surface area (Å²) in [5.74, 6) is 0.354. The average Bonchev–Trinajstić information content (AvgIpc) is 2.84. The van der Waals surface area contributed by atoms with E-state index in [1.54, 1.807) is 17.0 Å². The number of ether oxygens (including phenoxy) is 2. The number of fused-ring (bicyclic) bond motifs is 1. The van der Waals surface area contributed by atoms with E-state index < -0.39 is 6.04 Å². The van der Waals surface area contributed by atoms with Gasteiger partial charge in [0.05, 0.1) is 18.3 Å². The number of anilines is 1. The molecule has 3 heterocycles. The fourth-order valence-electron chi connectivity index (χ4n) is 3.80. The van der Waals surface area contributed by atoms with Gasteiger partial charge in [0.15, 0.2) is 6.61 Å². The van der Waals surface area contributed by atoms with Crippen molar-refractivity contribution in [2.45, 2.75) is 19.5 Å². The van der Waals surface area contributed by atoms with E-state index in [9.17, 15) is 9.59 Å². The van der Waals surface area contributed by atoms with Crippen molar-refractivity contribution in [1.82, 2.24) is 24.8 Å². The van der Waals surface area contributed by atoms with Crippen molar-refractivity contribution in [3.63, 3.8) is 0 Å². The van der Waals surface area contributed by atoms with Gasteiger partial charge in [0.25, 0.3) is 5.91 Å². The fourth-order valence-corrected chi connectivity index (χ4v) is 3.91. The summed E-state index contributed by atoms with van der Waals surface area (Å²) in [5.41, 5.74) is 7.53. The van der Waals surface area contributed by atoms with Crippen LogP contribution in [0.3, 0.4) is 0 Å². The zero-order chi connectivity index (χ0) is 24.1. The number of nitrogens with two attached hydrogens (primary N) is 1. The van der Waals surface area contributed by atoms with Gasteiger partial charge in [-0.25, -0.2) is 15.0 Å². The average molecular weight is 485 g/mol. The minimum absolute atomic E-state index is 0.113. The number of carbonyl (C=O) groups is 2. The maximum Gasteiger partial charge on any atom is 0.261 e. The van der Waals surface area contributed by atoms with Crippen LogP contribution in [0.2, 0.25) is 5.15 Å². The lowest BCUT2D eigenvalue weighted by atomic mass is 10.1. The van der Waals surface area contributed by atoms with Crippen LogP contribution in [-0.4, -0.2) is 75.5 Å². The van der Waals surface area contributed by atoms with Crippen LogP contribution in [0, 0.1) is 0 Å². The highest BCUT2D eigenvalue weighted by atomic mass is 35.5. The minimum Gasteiger partial charge on any atom is -0.482 e. The molecular formula is C23H25ClN6O4. The van der Waals surface area contributed by atoms with Crippen molar-refractivity contribution in [3.05, 3.63) is 53.6 Å². The second-order valence-corrected chi connectivity index (χ2v) is 8.13. The number of nitrogen functional groups attached to an aromatic ring is 1.